The Bertz CT molecular complexity index is 329. The van der Waals surface area contributed by atoms with Crippen molar-refractivity contribution in [2.45, 2.75) is 19.5 Å². The predicted octanol–water partition coefficient (Wildman–Crippen LogP) is 0.884. The normalized spacial score (nSPS) is 22.9. The summed E-state index contributed by atoms with van der Waals surface area (Å²) in [5.41, 5.74) is 6.86. The van der Waals surface area contributed by atoms with Crippen LogP contribution >= 0.6 is 0 Å². The van der Waals surface area contributed by atoms with E-state index in [2.05, 4.69) is 16.8 Å². The lowest BCUT2D eigenvalue weighted by molar-refractivity contribution is -0.00436. The van der Waals surface area contributed by atoms with Gasteiger partial charge < -0.3 is 10.5 Å². The van der Waals surface area contributed by atoms with Gasteiger partial charge in [0.1, 0.15) is 5.82 Å². The summed E-state index contributed by atoms with van der Waals surface area (Å²) in [6.07, 6.45) is 1.76. The van der Waals surface area contributed by atoms with Gasteiger partial charge in [-0.3, -0.25) is 4.90 Å². The highest BCUT2D eigenvalue weighted by Gasteiger charge is 2.18. The highest BCUT2D eigenvalue weighted by atomic mass is 16.5. The maximum absolute atomic E-state index is 5.64. The topological polar surface area (TPSA) is 51.4 Å². The molecule has 15 heavy (non-hydrogen) atoms. The molecule has 4 heteroatoms. The molecule has 82 valence electrons. The van der Waals surface area contributed by atoms with Crippen LogP contribution in [0.15, 0.2) is 18.3 Å². The largest absolute Gasteiger partial charge is 0.384 e. The Balaban J connectivity index is 2.01. The van der Waals surface area contributed by atoms with E-state index in [1.165, 1.54) is 5.56 Å². The molecule has 0 radical (unpaired) electrons. The van der Waals surface area contributed by atoms with Gasteiger partial charge in [0.2, 0.25) is 0 Å². The van der Waals surface area contributed by atoms with Crippen molar-refractivity contribution in [3.63, 3.8) is 0 Å². The number of hydrogen-bond donors (Lipinski definition) is 1. The fourth-order valence-corrected chi connectivity index (χ4v) is 1.82. The quantitative estimate of drug-likeness (QED) is 0.782. The smallest absolute Gasteiger partial charge is 0.123 e. The van der Waals surface area contributed by atoms with Crippen molar-refractivity contribution in [3.05, 3.63) is 23.9 Å². The summed E-state index contributed by atoms with van der Waals surface area (Å²) < 4.78 is 5.39. The Morgan fingerprint density at radius 1 is 1.67 bits per heavy atom. The van der Waals surface area contributed by atoms with Crippen LogP contribution in [0.1, 0.15) is 12.5 Å². The number of pyridine rings is 1. The summed E-state index contributed by atoms with van der Waals surface area (Å²) in [5.74, 6) is 0.591. The van der Waals surface area contributed by atoms with Gasteiger partial charge in [-0.05, 0) is 24.6 Å². The number of aromatic nitrogens is 1. The molecule has 1 aliphatic rings. The third-order valence-electron chi connectivity index (χ3n) is 2.74. The molecule has 0 aromatic carbocycles. The van der Waals surface area contributed by atoms with E-state index >= 15 is 0 Å². The van der Waals surface area contributed by atoms with Crippen molar-refractivity contribution >= 4 is 5.82 Å². The van der Waals surface area contributed by atoms with Gasteiger partial charge >= 0.3 is 0 Å². The maximum atomic E-state index is 5.64. The Hall–Kier alpha value is -1.13. The minimum atomic E-state index is 0.480. The van der Waals surface area contributed by atoms with Gasteiger partial charge in [-0.25, -0.2) is 4.98 Å². The number of nitrogen functional groups attached to an aromatic ring is 1. The van der Waals surface area contributed by atoms with E-state index in [-0.39, 0.29) is 0 Å². The molecule has 1 fully saturated rings. The standard InChI is InChI=1S/C11H17N3O/c1-9-8-15-5-4-14(9)7-10-2-3-13-11(12)6-10/h2-3,6,9H,4-5,7-8H2,1H3,(H2,12,13). The van der Waals surface area contributed by atoms with Crippen LogP contribution in [0, 0.1) is 0 Å². The van der Waals surface area contributed by atoms with Crippen molar-refractivity contribution in [3.8, 4) is 0 Å². The molecule has 1 aromatic rings. The van der Waals surface area contributed by atoms with E-state index in [0.29, 0.717) is 11.9 Å². The summed E-state index contributed by atoms with van der Waals surface area (Å²) in [6.45, 7) is 5.75. The zero-order chi connectivity index (χ0) is 10.7. The number of hydrogen-bond acceptors (Lipinski definition) is 4. The molecule has 1 atom stereocenters. The molecule has 4 nitrogen and oxygen atoms in total. The maximum Gasteiger partial charge on any atom is 0.123 e. The van der Waals surface area contributed by atoms with E-state index in [1.807, 2.05) is 12.1 Å². The van der Waals surface area contributed by atoms with Crippen molar-refractivity contribution in [1.29, 1.82) is 0 Å². The average Bonchev–Trinajstić information content (AvgIpc) is 2.22. The fraction of sp³-hybridized carbons (Fsp3) is 0.545. The molecule has 2 rings (SSSR count). The molecule has 0 spiro atoms. The monoisotopic (exact) mass is 207 g/mol. The molecule has 1 saturated heterocycles. The summed E-state index contributed by atoms with van der Waals surface area (Å²) in [7, 11) is 0. The molecule has 0 saturated carbocycles. The number of morpholine rings is 1. The van der Waals surface area contributed by atoms with Gasteiger partial charge in [-0.2, -0.15) is 0 Å². The van der Waals surface area contributed by atoms with E-state index in [1.54, 1.807) is 6.20 Å². The van der Waals surface area contributed by atoms with Crippen molar-refractivity contribution in [2.24, 2.45) is 0 Å². The molecular weight excluding hydrogens is 190 g/mol. The fourth-order valence-electron chi connectivity index (χ4n) is 1.82. The molecule has 1 aliphatic heterocycles. The molecular formula is C11H17N3O. The molecule has 2 N–H and O–H groups in total. The van der Waals surface area contributed by atoms with Crippen LogP contribution in [0.25, 0.3) is 0 Å². The lowest BCUT2D eigenvalue weighted by Gasteiger charge is -2.33. The summed E-state index contributed by atoms with van der Waals surface area (Å²) in [5, 5.41) is 0. The van der Waals surface area contributed by atoms with Crippen LogP contribution < -0.4 is 5.73 Å². The zero-order valence-corrected chi connectivity index (χ0v) is 9.02. The van der Waals surface area contributed by atoms with Gasteiger partial charge in [0.05, 0.1) is 13.2 Å². The van der Waals surface area contributed by atoms with Crippen molar-refractivity contribution in [1.82, 2.24) is 9.88 Å². The Morgan fingerprint density at radius 2 is 2.53 bits per heavy atom. The first-order valence-electron chi connectivity index (χ1n) is 5.28. The number of nitrogens with zero attached hydrogens (tertiary/aromatic N) is 2. The summed E-state index contributed by atoms with van der Waals surface area (Å²) in [6, 6.07) is 4.42. The number of rotatable bonds is 2. The third kappa shape index (κ3) is 2.67. The van der Waals surface area contributed by atoms with E-state index in [0.717, 1.165) is 26.3 Å². The van der Waals surface area contributed by atoms with E-state index < -0.39 is 0 Å². The zero-order valence-electron chi connectivity index (χ0n) is 9.02. The van der Waals surface area contributed by atoms with Crippen LogP contribution in [0.4, 0.5) is 5.82 Å². The second-order valence-electron chi connectivity index (χ2n) is 3.98. The molecule has 0 aliphatic carbocycles. The van der Waals surface area contributed by atoms with Crippen LogP contribution in [-0.4, -0.2) is 35.7 Å². The first-order valence-corrected chi connectivity index (χ1v) is 5.28. The second kappa shape index (κ2) is 4.59. The van der Waals surface area contributed by atoms with Crippen LogP contribution in [0.5, 0.6) is 0 Å². The highest BCUT2D eigenvalue weighted by molar-refractivity contribution is 5.31. The molecule has 0 bridgehead atoms. The molecule has 2 heterocycles. The Kier molecular flexibility index (Phi) is 3.18. The predicted molar refractivity (Wildman–Crippen MR) is 59.3 cm³/mol. The molecule has 1 aromatic heterocycles. The van der Waals surface area contributed by atoms with Crippen LogP contribution in [0.3, 0.4) is 0 Å². The average molecular weight is 207 g/mol. The van der Waals surface area contributed by atoms with Crippen LogP contribution in [0.2, 0.25) is 0 Å². The first kappa shape index (κ1) is 10.4. The number of nitrogens with two attached hydrogens (primary N) is 1. The Labute approximate surface area is 90.0 Å². The lowest BCUT2D eigenvalue weighted by atomic mass is 10.2. The van der Waals surface area contributed by atoms with E-state index in [4.69, 9.17) is 10.5 Å². The number of ether oxygens (including phenoxy) is 1. The van der Waals surface area contributed by atoms with Gasteiger partial charge in [0, 0.05) is 25.3 Å². The molecule has 0 amide bonds. The Morgan fingerprint density at radius 3 is 3.27 bits per heavy atom. The van der Waals surface area contributed by atoms with Gasteiger partial charge in [0.15, 0.2) is 0 Å². The summed E-state index contributed by atoms with van der Waals surface area (Å²) in [4.78, 5) is 6.39. The van der Waals surface area contributed by atoms with Crippen molar-refractivity contribution < 1.29 is 4.74 Å². The minimum absolute atomic E-state index is 0.480. The lowest BCUT2D eigenvalue weighted by Crippen LogP contribution is -2.42. The van der Waals surface area contributed by atoms with Gasteiger partial charge in [-0.15, -0.1) is 0 Å². The highest BCUT2D eigenvalue weighted by Crippen LogP contribution is 2.12. The first-order chi connectivity index (χ1) is 7.25. The SMILES string of the molecule is CC1COCCN1Cc1ccnc(N)c1. The minimum Gasteiger partial charge on any atom is -0.384 e. The van der Waals surface area contributed by atoms with Gasteiger partial charge in [0.25, 0.3) is 0 Å². The van der Waals surface area contributed by atoms with E-state index in [9.17, 15) is 0 Å². The second-order valence-corrected chi connectivity index (χ2v) is 3.98. The summed E-state index contributed by atoms with van der Waals surface area (Å²) >= 11 is 0. The van der Waals surface area contributed by atoms with Crippen LogP contribution in [-0.2, 0) is 11.3 Å². The third-order valence-corrected chi connectivity index (χ3v) is 2.74. The number of anilines is 1. The van der Waals surface area contributed by atoms with Crippen molar-refractivity contribution in [2.75, 3.05) is 25.5 Å². The molecule has 1 unspecified atom stereocenters. The van der Waals surface area contributed by atoms with Gasteiger partial charge in [-0.1, -0.05) is 0 Å².